The average molecular weight is 290 g/mol. The van der Waals surface area contributed by atoms with Gasteiger partial charge in [0.15, 0.2) is 0 Å². The fourth-order valence-corrected chi connectivity index (χ4v) is 1.33. The molecule has 0 fully saturated rings. The van der Waals surface area contributed by atoms with Crippen molar-refractivity contribution in [3.05, 3.63) is 11.5 Å². The highest BCUT2D eigenvalue weighted by Gasteiger charge is 2.14. The van der Waals surface area contributed by atoms with Gasteiger partial charge in [0.1, 0.15) is 0 Å². The number of primary amides is 2. The Kier molecular flexibility index (Phi) is 8.46. The molecular weight excluding hydrogens is 272 g/mol. The number of nitrogens with two attached hydrogens (primary N) is 2. The second-order valence-electron chi connectivity index (χ2n) is 3.81. The van der Waals surface area contributed by atoms with Crippen LogP contribution in [0, 0.1) is 0 Å². The summed E-state index contributed by atoms with van der Waals surface area (Å²) >= 11 is 0. The standard InChI is InChI=1S/C10H18N4O6/c11-7(15)3-6(4-8(12)16)10(20-19)14-2-1-13-5-9(17)18/h13-14,19H,1-5H2,(H2,11,15)(H2,12,16)(H,17,18). The molecule has 8 N–H and O–H groups in total. The lowest BCUT2D eigenvalue weighted by Crippen LogP contribution is -2.32. The summed E-state index contributed by atoms with van der Waals surface area (Å²) in [4.78, 5) is 36.0. The van der Waals surface area contributed by atoms with Gasteiger partial charge in [-0.1, -0.05) is 0 Å². The van der Waals surface area contributed by atoms with Gasteiger partial charge in [-0.15, -0.1) is 0 Å². The van der Waals surface area contributed by atoms with Gasteiger partial charge < -0.3 is 32.1 Å². The molecule has 0 aromatic rings. The predicted molar refractivity (Wildman–Crippen MR) is 66.9 cm³/mol. The van der Waals surface area contributed by atoms with Gasteiger partial charge in [0.05, 0.1) is 19.4 Å². The molecular formula is C10H18N4O6. The zero-order chi connectivity index (χ0) is 15.5. The van der Waals surface area contributed by atoms with Crippen molar-refractivity contribution < 1.29 is 29.6 Å². The molecule has 0 aliphatic rings. The van der Waals surface area contributed by atoms with Crippen LogP contribution in [0.15, 0.2) is 11.5 Å². The van der Waals surface area contributed by atoms with Crippen molar-refractivity contribution in [2.24, 2.45) is 11.5 Å². The molecule has 2 amide bonds. The van der Waals surface area contributed by atoms with Crippen molar-refractivity contribution in [1.29, 1.82) is 0 Å². The van der Waals surface area contributed by atoms with E-state index in [0.717, 1.165) is 0 Å². The van der Waals surface area contributed by atoms with Gasteiger partial charge in [-0.2, -0.15) is 0 Å². The van der Waals surface area contributed by atoms with E-state index in [2.05, 4.69) is 15.5 Å². The number of carbonyl (C=O) groups excluding carboxylic acids is 2. The van der Waals surface area contributed by atoms with E-state index >= 15 is 0 Å². The highest BCUT2D eigenvalue weighted by atomic mass is 17.1. The van der Waals surface area contributed by atoms with Crippen molar-refractivity contribution in [1.82, 2.24) is 10.6 Å². The molecule has 0 atom stereocenters. The molecule has 0 aromatic heterocycles. The fourth-order valence-electron chi connectivity index (χ4n) is 1.33. The molecule has 0 heterocycles. The maximum absolute atomic E-state index is 10.9. The number of carbonyl (C=O) groups is 3. The van der Waals surface area contributed by atoms with Gasteiger partial charge in [0, 0.05) is 18.7 Å². The van der Waals surface area contributed by atoms with Crippen LogP contribution in [-0.4, -0.2) is 47.8 Å². The Hall–Kier alpha value is -2.33. The van der Waals surface area contributed by atoms with E-state index in [1.165, 1.54) is 0 Å². The summed E-state index contributed by atoms with van der Waals surface area (Å²) in [5.41, 5.74) is 10.1. The number of carboxylic acids is 1. The van der Waals surface area contributed by atoms with Crippen LogP contribution < -0.4 is 22.1 Å². The number of amides is 2. The van der Waals surface area contributed by atoms with E-state index in [1.54, 1.807) is 0 Å². The first-order valence-electron chi connectivity index (χ1n) is 5.63. The molecule has 0 aromatic carbocycles. The van der Waals surface area contributed by atoms with Gasteiger partial charge in [-0.3, -0.25) is 14.4 Å². The number of hydrogen-bond donors (Lipinski definition) is 6. The second kappa shape index (κ2) is 9.58. The normalized spacial score (nSPS) is 9.65. The van der Waals surface area contributed by atoms with Crippen LogP contribution in [0.5, 0.6) is 0 Å². The fraction of sp³-hybridized carbons (Fsp3) is 0.500. The maximum Gasteiger partial charge on any atom is 0.317 e. The summed E-state index contributed by atoms with van der Waals surface area (Å²) in [6.07, 6.45) is -0.622. The number of carboxylic acid groups (broad SMARTS) is 1. The van der Waals surface area contributed by atoms with Crippen molar-refractivity contribution in [2.75, 3.05) is 19.6 Å². The highest BCUT2D eigenvalue weighted by molar-refractivity contribution is 5.81. The minimum absolute atomic E-state index is 0.103. The monoisotopic (exact) mass is 290 g/mol. The first-order chi connectivity index (χ1) is 9.36. The summed E-state index contributed by atoms with van der Waals surface area (Å²) in [5, 5.41) is 22.3. The zero-order valence-electron chi connectivity index (χ0n) is 10.7. The minimum atomic E-state index is -1.01. The molecule has 0 saturated heterocycles. The third-order valence-corrected chi connectivity index (χ3v) is 2.05. The molecule has 10 nitrogen and oxygen atoms in total. The lowest BCUT2D eigenvalue weighted by atomic mass is 10.1. The van der Waals surface area contributed by atoms with E-state index in [4.69, 9.17) is 21.8 Å². The molecule has 0 aliphatic heterocycles. The smallest absolute Gasteiger partial charge is 0.317 e. The first kappa shape index (κ1) is 17.7. The molecule has 0 spiro atoms. The third kappa shape index (κ3) is 8.72. The largest absolute Gasteiger partial charge is 0.480 e. The number of aliphatic carboxylic acids is 1. The zero-order valence-corrected chi connectivity index (χ0v) is 10.7. The summed E-state index contributed by atoms with van der Waals surface area (Å²) in [7, 11) is 0. The van der Waals surface area contributed by atoms with Crippen LogP contribution in [0.2, 0.25) is 0 Å². The molecule has 0 radical (unpaired) electrons. The summed E-state index contributed by atoms with van der Waals surface area (Å²) in [6, 6.07) is 0. The van der Waals surface area contributed by atoms with E-state index in [-0.39, 0.29) is 43.9 Å². The lowest BCUT2D eigenvalue weighted by Gasteiger charge is -2.12. The van der Waals surface area contributed by atoms with Crippen LogP contribution in [0.25, 0.3) is 0 Å². The summed E-state index contributed by atoms with van der Waals surface area (Å²) in [5.74, 6) is -2.66. The van der Waals surface area contributed by atoms with Gasteiger partial charge in [-0.05, 0) is 0 Å². The van der Waals surface area contributed by atoms with Gasteiger partial charge >= 0.3 is 5.97 Å². The van der Waals surface area contributed by atoms with Gasteiger partial charge in [-0.25, -0.2) is 5.26 Å². The van der Waals surface area contributed by atoms with E-state index in [9.17, 15) is 14.4 Å². The second-order valence-corrected chi connectivity index (χ2v) is 3.81. The van der Waals surface area contributed by atoms with Crippen LogP contribution in [0.3, 0.4) is 0 Å². The Balaban J connectivity index is 4.51. The molecule has 0 unspecified atom stereocenters. The van der Waals surface area contributed by atoms with Crippen molar-refractivity contribution in [3.63, 3.8) is 0 Å². The molecule has 10 heteroatoms. The van der Waals surface area contributed by atoms with Crippen LogP contribution in [-0.2, 0) is 19.3 Å². The summed E-state index contributed by atoms with van der Waals surface area (Å²) < 4.78 is 0. The minimum Gasteiger partial charge on any atom is -0.480 e. The van der Waals surface area contributed by atoms with E-state index in [1.807, 2.05) is 0 Å². The molecule has 0 bridgehead atoms. The molecule has 20 heavy (non-hydrogen) atoms. The highest BCUT2D eigenvalue weighted by Crippen LogP contribution is 2.11. The van der Waals surface area contributed by atoms with E-state index < -0.39 is 17.8 Å². The Morgan fingerprint density at radius 2 is 1.60 bits per heavy atom. The van der Waals surface area contributed by atoms with Gasteiger partial charge in [0.2, 0.25) is 17.7 Å². The number of rotatable bonds is 11. The Morgan fingerprint density at radius 1 is 1.05 bits per heavy atom. The maximum atomic E-state index is 10.9. The van der Waals surface area contributed by atoms with Crippen LogP contribution >= 0.6 is 0 Å². The molecule has 0 saturated carbocycles. The SMILES string of the molecule is NC(=O)CC(CC(N)=O)=C(NCCNCC(=O)O)OO. The molecule has 114 valence electrons. The molecule has 0 aliphatic carbocycles. The van der Waals surface area contributed by atoms with Crippen molar-refractivity contribution in [3.8, 4) is 0 Å². The average Bonchev–Trinajstić information content (AvgIpc) is 2.31. The van der Waals surface area contributed by atoms with Crippen LogP contribution in [0.4, 0.5) is 0 Å². The first-order valence-corrected chi connectivity index (χ1v) is 5.63. The number of nitrogens with one attached hydrogen (secondary N) is 2. The summed E-state index contributed by atoms with van der Waals surface area (Å²) in [6.45, 7) is 0.208. The quantitative estimate of drug-likeness (QED) is 0.106. The number of hydrogen-bond acceptors (Lipinski definition) is 7. The van der Waals surface area contributed by atoms with Crippen LogP contribution in [0.1, 0.15) is 12.8 Å². The Bertz CT molecular complexity index is 377. The Labute approximate surface area is 114 Å². The predicted octanol–water partition coefficient (Wildman–Crippen LogP) is -2.30. The van der Waals surface area contributed by atoms with Crippen molar-refractivity contribution >= 4 is 17.8 Å². The van der Waals surface area contributed by atoms with Crippen molar-refractivity contribution in [2.45, 2.75) is 12.8 Å². The Morgan fingerprint density at radius 3 is 2.00 bits per heavy atom. The van der Waals surface area contributed by atoms with E-state index in [0.29, 0.717) is 0 Å². The topological polar surface area (TPSA) is 177 Å². The molecule has 0 rings (SSSR count). The lowest BCUT2D eigenvalue weighted by molar-refractivity contribution is -0.210. The third-order valence-electron chi connectivity index (χ3n) is 2.05. The van der Waals surface area contributed by atoms with Gasteiger partial charge in [0.25, 0.3) is 0 Å².